The zero-order chi connectivity index (χ0) is 21.4. The Bertz CT molecular complexity index is 1420. The van der Waals surface area contributed by atoms with Crippen LogP contribution in [0.3, 0.4) is 0 Å². The zero-order valence-electron chi connectivity index (χ0n) is 16.5. The predicted molar refractivity (Wildman–Crippen MR) is 124 cm³/mol. The van der Waals surface area contributed by atoms with Gasteiger partial charge in [0.25, 0.3) is 10.8 Å². The lowest BCUT2D eigenvalue weighted by Crippen LogP contribution is -2.10. The van der Waals surface area contributed by atoms with E-state index in [1.54, 1.807) is 18.4 Å². The van der Waals surface area contributed by atoms with Crippen molar-refractivity contribution in [3.8, 4) is 27.6 Å². The molecule has 5 aromatic rings. The summed E-state index contributed by atoms with van der Waals surface area (Å²) in [5.74, 6) is 2.17. The second-order valence-corrected chi connectivity index (χ2v) is 9.72. The van der Waals surface area contributed by atoms with Gasteiger partial charge >= 0.3 is 0 Å². The third kappa shape index (κ3) is 4.01. The van der Waals surface area contributed by atoms with Crippen molar-refractivity contribution in [1.29, 1.82) is 0 Å². The molecular formula is C21H16N4O3S3. The number of rotatable bonds is 6. The van der Waals surface area contributed by atoms with E-state index < -0.39 is 0 Å². The Morgan fingerprint density at radius 1 is 1.16 bits per heavy atom. The van der Waals surface area contributed by atoms with Gasteiger partial charge in [0.2, 0.25) is 5.89 Å². The summed E-state index contributed by atoms with van der Waals surface area (Å²) in [7, 11) is 1.62. The number of benzene rings is 1. The van der Waals surface area contributed by atoms with Crippen molar-refractivity contribution >= 4 is 44.7 Å². The molecule has 0 radical (unpaired) electrons. The maximum atomic E-state index is 12.8. The second kappa shape index (κ2) is 8.29. The number of nitrogens with one attached hydrogen (secondary N) is 1. The predicted octanol–water partition coefficient (Wildman–Crippen LogP) is 5.37. The normalized spacial score (nSPS) is 11.3. The fourth-order valence-electron chi connectivity index (χ4n) is 3.07. The lowest BCUT2D eigenvalue weighted by atomic mass is 10.2. The van der Waals surface area contributed by atoms with Crippen LogP contribution in [-0.2, 0) is 5.75 Å². The SMILES string of the molecule is COc1ccc(-c2nnc(SCc3nc4scc(-c5ccc(C)s5)c4c(=O)[nH]3)o2)cc1. The van der Waals surface area contributed by atoms with Crippen molar-refractivity contribution in [3.05, 3.63) is 62.8 Å². The van der Waals surface area contributed by atoms with Crippen LogP contribution in [0.2, 0.25) is 0 Å². The van der Waals surface area contributed by atoms with Gasteiger partial charge in [0.15, 0.2) is 0 Å². The molecule has 10 heteroatoms. The molecule has 0 atom stereocenters. The van der Waals surface area contributed by atoms with E-state index in [2.05, 4.69) is 33.2 Å². The summed E-state index contributed by atoms with van der Waals surface area (Å²) in [5.41, 5.74) is 1.61. The maximum Gasteiger partial charge on any atom is 0.277 e. The smallest absolute Gasteiger partial charge is 0.277 e. The van der Waals surface area contributed by atoms with Crippen LogP contribution in [0.5, 0.6) is 5.75 Å². The number of aryl methyl sites for hydroxylation is 1. The molecule has 1 aromatic carbocycles. The monoisotopic (exact) mass is 468 g/mol. The van der Waals surface area contributed by atoms with Gasteiger partial charge in [-0.2, -0.15) is 0 Å². The molecule has 0 aliphatic carbocycles. The van der Waals surface area contributed by atoms with Crippen molar-refractivity contribution in [2.75, 3.05) is 7.11 Å². The molecule has 1 N–H and O–H groups in total. The number of thioether (sulfide) groups is 1. The summed E-state index contributed by atoms with van der Waals surface area (Å²) in [6.07, 6.45) is 0. The summed E-state index contributed by atoms with van der Waals surface area (Å²) in [4.78, 5) is 23.3. The summed E-state index contributed by atoms with van der Waals surface area (Å²) in [5, 5.41) is 11.2. The number of aromatic nitrogens is 4. The molecule has 4 heterocycles. The minimum absolute atomic E-state index is 0.132. The molecule has 31 heavy (non-hydrogen) atoms. The Labute approximate surface area is 189 Å². The van der Waals surface area contributed by atoms with E-state index in [0.717, 1.165) is 26.6 Å². The minimum atomic E-state index is -0.132. The van der Waals surface area contributed by atoms with Crippen molar-refractivity contribution in [3.63, 3.8) is 0 Å². The third-order valence-corrected chi connectivity index (χ3v) is 7.31. The summed E-state index contributed by atoms with van der Waals surface area (Å²) in [6.45, 7) is 2.05. The number of ether oxygens (including phenoxy) is 1. The second-order valence-electron chi connectivity index (χ2n) is 6.64. The first-order chi connectivity index (χ1) is 15.1. The van der Waals surface area contributed by atoms with Gasteiger partial charge in [-0.15, -0.1) is 32.9 Å². The average molecular weight is 469 g/mol. The van der Waals surface area contributed by atoms with Crippen molar-refractivity contribution in [2.45, 2.75) is 17.9 Å². The Hall–Kier alpha value is -2.95. The highest BCUT2D eigenvalue weighted by Gasteiger charge is 2.15. The van der Waals surface area contributed by atoms with E-state index >= 15 is 0 Å². The van der Waals surface area contributed by atoms with Gasteiger partial charge in [-0.25, -0.2) is 4.98 Å². The number of fused-ring (bicyclic) bond motifs is 1. The van der Waals surface area contributed by atoms with Crippen molar-refractivity contribution in [2.24, 2.45) is 0 Å². The molecule has 0 saturated heterocycles. The molecule has 0 unspecified atom stereocenters. The number of H-pyrrole nitrogens is 1. The standard InChI is InChI=1S/C21H16N4O3S3/c1-11-3-8-15(31-11)14-9-29-20-17(14)18(26)22-16(23-20)10-30-21-25-24-19(28-21)12-4-6-13(27-2)7-5-12/h3-9H,10H2,1-2H3,(H,22,23,26). The van der Waals surface area contributed by atoms with E-state index in [1.807, 2.05) is 35.7 Å². The molecule has 0 saturated carbocycles. The lowest BCUT2D eigenvalue weighted by molar-refractivity contribution is 0.414. The number of hydrogen-bond acceptors (Lipinski definition) is 9. The Morgan fingerprint density at radius 3 is 2.74 bits per heavy atom. The molecule has 0 fully saturated rings. The zero-order valence-corrected chi connectivity index (χ0v) is 19.0. The quantitative estimate of drug-likeness (QED) is 0.335. The number of methoxy groups -OCH3 is 1. The Balaban J connectivity index is 1.34. The topological polar surface area (TPSA) is 93.9 Å². The highest BCUT2D eigenvalue weighted by Crippen LogP contribution is 2.35. The highest BCUT2D eigenvalue weighted by molar-refractivity contribution is 7.98. The van der Waals surface area contributed by atoms with Gasteiger partial charge in [-0.05, 0) is 43.3 Å². The fourth-order valence-corrected chi connectivity index (χ4v) is 5.63. The van der Waals surface area contributed by atoms with E-state index in [1.165, 1.54) is 28.0 Å². The van der Waals surface area contributed by atoms with E-state index in [4.69, 9.17) is 9.15 Å². The Kier molecular flexibility index (Phi) is 5.34. The first-order valence-electron chi connectivity index (χ1n) is 9.28. The number of aromatic amines is 1. The van der Waals surface area contributed by atoms with Gasteiger partial charge in [-0.3, -0.25) is 4.79 Å². The number of hydrogen-bond donors (Lipinski definition) is 1. The van der Waals surface area contributed by atoms with Gasteiger partial charge in [0, 0.05) is 26.3 Å². The van der Waals surface area contributed by atoms with Crippen LogP contribution in [-0.4, -0.2) is 27.3 Å². The largest absolute Gasteiger partial charge is 0.497 e. The molecule has 0 aliphatic rings. The molecule has 0 spiro atoms. The summed E-state index contributed by atoms with van der Waals surface area (Å²) in [6, 6.07) is 11.5. The van der Waals surface area contributed by atoms with Crippen molar-refractivity contribution in [1.82, 2.24) is 20.2 Å². The molecule has 4 aromatic heterocycles. The molecule has 7 nitrogen and oxygen atoms in total. The fraction of sp³-hybridized carbons (Fsp3) is 0.143. The van der Waals surface area contributed by atoms with E-state index in [9.17, 15) is 4.79 Å². The number of thiophene rings is 2. The average Bonchev–Trinajstić information content (AvgIpc) is 3.52. The molecule has 0 amide bonds. The molecule has 156 valence electrons. The first-order valence-corrected chi connectivity index (χ1v) is 12.0. The summed E-state index contributed by atoms with van der Waals surface area (Å²) >= 11 is 4.48. The van der Waals surface area contributed by atoms with Crippen LogP contribution >= 0.6 is 34.4 Å². The Morgan fingerprint density at radius 2 is 2.00 bits per heavy atom. The van der Waals surface area contributed by atoms with Crippen LogP contribution < -0.4 is 10.3 Å². The molecule has 0 aliphatic heterocycles. The van der Waals surface area contributed by atoms with Crippen LogP contribution in [0, 0.1) is 6.92 Å². The van der Waals surface area contributed by atoms with Crippen molar-refractivity contribution < 1.29 is 9.15 Å². The van der Waals surface area contributed by atoms with Gasteiger partial charge in [0.05, 0.1) is 18.2 Å². The molecule has 5 rings (SSSR count). The van der Waals surface area contributed by atoms with Gasteiger partial charge < -0.3 is 14.1 Å². The molecule has 0 bridgehead atoms. The minimum Gasteiger partial charge on any atom is -0.497 e. The summed E-state index contributed by atoms with van der Waals surface area (Å²) < 4.78 is 10.9. The first kappa shape index (κ1) is 20.0. The van der Waals surface area contributed by atoms with E-state index in [-0.39, 0.29) is 5.56 Å². The lowest BCUT2D eigenvalue weighted by Gasteiger charge is -2.00. The third-order valence-electron chi connectivity index (χ3n) is 4.57. The maximum absolute atomic E-state index is 12.8. The van der Waals surface area contributed by atoms with Gasteiger partial charge in [0.1, 0.15) is 16.4 Å². The highest BCUT2D eigenvalue weighted by atomic mass is 32.2. The van der Waals surface area contributed by atoms with Crippen LogP contribution in [0.1, 0.15) is 10.7 Å². The van der Waals surface area contributed by atoms with Crippen LogP contribution in [0.4, 0.5) is 0 Å². The number of nitrogens with zero attached hydrogens (tertiary/aromatic N) is 3. The van der Waals surface area contributed by atoms with Crippen LogP contribution in [0.25, 0.3) is 32.1 Å². The molecular weight excluding hydrogens is 452 g/mol. The van der Waals surface area contributed by atoms with Gasteiger partial charge in [-0.1, -0.05) is 11.8 Å². The van der Waals surface area contributed by atoms with E-state index in [0.29, 0.717) is 28.1 Å². The van der Waals surface area contributed by atoms with Crippen LogP contribution in [0.15, 0.2) is 56.2 Å².